The summed E-state index contributed by atoms with van der Waals surface area (Å²) in [4.78, 5) is 14.7. The maximum Gasteiger partial charge on any atom is 0.319 e. The summed E-state index contributed by atoms with van der Waals surface area (Å²) in [5.41, 5.74) is 2.75. The van der Waals surface area contributed by atoms with Crippen LogP contribution in [0.25, 0.3) is 0 Å². The minimum Gasteiger partial charge on any atom is -0.390 e. The van der Waals surface area contributed by atoms with Crippen molar-refractivity contribution in [3.63, 3.8) is 0 Å². The molecule has 3 N–H and O–H groups in total. The lowest BCUT2D eigenvalue weighted by molar-refractivity contribution is 0.0307. The summed E-state index contributed by atoms with van der Waals surface area (Å²) in [6, 6.07) is 21.7. The fourth-order valence-electron chi connectivity index (χ4n) is 4.85. The average molecular weight is 494 g/mol. The first-order valence-corrected chi connectivity index (χ1v) is 12.5. The van der Waals surface area contributed by atoms with E-state index in [4.69, 9.17) is 0 Å². The molecular formula is C29H33F2N3O2. The minimum absolute atomic E-state index is 0.0973. The first-order valence-electron chi connectivity index (χ1n) is 12.5. The molecule has 0 saturated carbocycles. The van der Waals surface area contributed by atoms with E-state index in [1.54, 1.807) is 0 Å². The van der Waals surface area contributed by atoms with Gasteiger partial charge in [0, 0.05) is 18.3 Å². The molecule has 2 unspecified atom stereocenters. The third-order valence-electron chi connectivity index (χ3n) is 6.86. The van der Waals surface area contributed by atoms with Crippen LogP contribution in [0.4, 0.5) is 19.3 Å². The van der Waals surface area contributed by atoms with Crippen LogP contribution in [-0.2, 0) is 12.8 Å². The van der Waals surface area contributed by atoms with Gasteiger partial charge in [0.2, 0.25) is 0 Å². The zero-order valence-electron chi connectivity index (χ0n) is 20.2. The van der Waals surface area contributed by atoms with Crippen LogP contribution < -0.4 is 10.6 Å². The first-order chi connectivity index (χ1) is 17.5. The fraction of sp³-hybridized carbons (Fsp3) is 0.345. The molecule has 36 heavy (non-hydrogen) atoms. The summed E-state index contributed by atoms with van der Waals surface area (Å²) in [6.07, 6.45) is 2.82. The van der Waals surface area contributed by atoms with Crippen molar-refractivity contribution in [2.45, 2.75) is 37.8 Å². The van der Waals surface area contributed by atoms with Crippen molar-refractivity contribution in [3.05, 3.63) is 102 Å². The van der Waals surface area contributed by atoms with Crippen LogP contribution in [0.2, 0.25) is 0 Å². The van der Waals surface area contributed by atoms with Crippen LogP contribution >= 0.6 is 0 Å². The molecule has 4 rings (SSSR count). The Balaban J connectivity index is 1.34. The molecule has 0 spiro atoms. The zero-order chi connectivity index (χ0) is 25.3. The number of carbonyl (C=O) groups is 1. The molecule has 5 nitrogen and oxygen atoms in total. The smallest absolute Gasteiger partial charge is 0.319 e. The van der Waals surface area contributed by atoms with Gasteiger partial charge >= 0.3 is 6.03 Å². The van der Waals surface area contributed by atoms with Crippen LogP contribution in [0, 0.1) is 17.6 Å². The number of hydrogen-bond acceptors (Lipinski definition) is 3. The molecule has 1 aliphatic rings. The lowest BCUT2D eigenvalue weighted by Gasteiger charge is -2.40. The van der Waals surface area contributed by atoms with Gasteiger partial charge in [0.05, 0.1) is 6.10 Å². The van der Waals surface area contributed by atoms with Crippen molar-refractivity contribution in [3.8, 4) is 0 Å². The van der Waals surface area contributed by atoms with Gasteiger partial charge in [-0.25, -0.2) is 13.6 Å². The molecule has 190 valence electrons. The van der Waals surface area contributed by atoms with Crippen LogP contribution in [0.15, 0.2) is 78.9 Å². The number of nitrogens with one attached hydrogen (secondary N) is 2. The van der Waals surface area contributed by atoms with Gasteiger partial charge in [-0.2, -0.15) is 0 Å². The quantitative estimate of drug-likeness (QED) is 0.393. The summed E-state index contributed by atoms with van der Waals surface area (Å²) in [7, 11) is 0. The summed E-state index contributed by atoms with van der Waals surface area (Å²) in [5, 5.41) is 16.5. The number of benzene rings is 3. The Morgan fingerprint density at radius 1 is 0.889 bits per heavy atom. The first kappa shape index (κ1) is 25.8. The number of carbonyl (C=O) groups excluding carboxylic acids is 1. The highest BCUT2D eigenvalue weighted by Crippen LogP contribution is 2.25. The van der Waals surface area contributed by atoms with Crippen LogP contribution in [0.1, 0.15) is 24.0 Å². The Bertz CT molecular complexity index is 1090. The summed E-state index contributed by atoms with van der Waals surface area (Å²) in [6.45, 7) is 1.80. The molecule has 3 aromatic rings. The molecule has 2 amide bonds. The van der Waals surface area contributed by atoms with Crippen LogP contribution in [-0.4, -0.2) is 47.8 Å². The largest absolute Gasteiger partial charge is 0.390 e. The predicted octanol–water partition coefficient (Wildman–Crippen LogP) is 5.01. The number of rotatable bonds is 9. The van der Waals surface area contributed by atoms with Crippen molar-refractivity contribution in [2.24, 2.45) is 5.92 Å². The summed E-state index contributed by atoms with van der Waals surface area (Å²) >= 11 is 0. The summed E-state index contributed by atoms with van der Waals surface area (Å²) in [5.74, 6) is -0.0753. The number of anilines is 1. The van der Waals surface area contributed by atoms with E-state index in [0.717, 1.165) is 43.5 Å². The molecule has 0 radical (unpaired) electrons. The number of halogens is 2. The molecular weight excluding hydrogens is 460 g/mol. The second kappa shape index (κ2) is 12.6. The van der Waals surface area contributed by atoms with E-state index in [0.29, 0.717) is 18.0 Å². The number of likely N-dealkylation sites (tertiary alicyclic amines) is 1. The van der Waals surface area contributed by atoms with E-state index in [1.807, 2.05) is 30.3 Å². The van der Waals surface area contributed by atoms with Crippen molar-refractivity contribution >= 4 is 11.7 Å². The van der Waals surface area contributed by atoms with Gasteiger partial charge < -0.3 is 15.7 Å². The highest BCUT2D eigenvalue weighted by atomic mass is 19.1. The Kier molecular flexibility index (Phi) is 9.03. The Morgan fingerprint density at radius 3 is 2.14 bits per heavy atom. The van der Waals surface area contributed by atoms with Gasteiger partial charge in [0.1, 0.15) is 11.6 Å². The normalized spacial score (nSPS) is 16.3. The number of nitrogens with zero attached hydrogens (tertiary/aromatic N) is 1. The second-order valence-electron chi connectivity index (χ2n) is 9.48. The Hall–Kier alpha value is -3.29. The third kappa shape index (κ3) is 7.60. The van der Waals surface area contributed by atoms with Crippen LogP contribution in [0.3, 0.4) is 0 Å². The minimum atomic E-state index is -0.766. The van der Waals surface area contributed by atoms with Gasteiger partial charge in [-0.3, -0.25) is 4.90 Å². The van der Waals surface area contributed by atoms with E-state index in [2.05, 4.69) is 27.7 Å². The van der Waals surface area contributed by atoms with E-state index in [1.165, 1.54) is 36.4 Å². The molecule has 3 aromatic carbocycles. The predicted molar refractivity (Wildman–Crippen MR) is 138 cm³/mol. The molecule has 0 aliphatic carbocycles. The Morgan fingerprint density at radius 2 is 1.50 bits per heavy atom. The van der Waals surface area contributed by atoms with Crippen molar-refractivity contribution in [1.29, 1.82) is 0 Å². The van der Waals surface area contributed by atoms with Crippen molar-refractivity contribution < 1.29 is 18.7 Å². The maximum absolute atomic E-state index is 13.2. The van der Waals surface area contributed by atoms with Gasteiger partial charge in [0.15, 0.2) is 0 Å². The number of aliphatic hydroxyl groups is 1. The maximum atomic E-state index is 13.2. The van der Waals surface area contributed by atoms with E-state index >= 15 is 0 Å². The van der Waals surface area contributed by atoms with E-state index in [9.17, 15) is 18.7 Å². The lowest BCUT2D eigenvalue weighted by atomic mass is 9.88. The zero-order valence-corrected chi connectivity index (χ0v) is 20.2. The monoisotopic (exact) mass is 493 g/mol. The molecule has 1 fully saturated rings. The van der Waals surface area contributed by atoms with Gasteiger partial charge in [-0.1, -0.05) is 42.5 Å². The second-order valence-corrected chi connectivity index (χ2v) is 9.48. The SMILES string of the molecule is O=C(NCC(O)C(Cc1ccccc1)N1CCC(Cc2ccc(F)cc2)CC1)Nc1ccc(F)cc1. The highest BCUT2D eigenvalue weighted by Gasteiger charge is 2.30. The standard InChI is InChI=1S/C29H33F2N3O2/c30-24-8-6-22(7-9-24)18-23-14-16-34(17-15-23)27(19-21-4-2-1-3-5-21)28(35)20-32-29(36)33-26-12-10-25(31)11-13-26/h1-13,23,27-28,35H,14-20H2,(H2,32,33,36). The third-order valence-corrected chi connectivity index (χ3v) is 6.86. The molecule has 1 aliphatic heterocycles. The van der Waals surface area contributed by atoms with E-state index < -0.39 is 12.1 Å². The topological polar surface area (TPSA) is 64.6 Å². The van der Waals surface area contributed by atoms with Gasteiger partial charge in [0.25, 0.3) is 0 Å². The van der Waals surface area contributed by atoms with E-state index in [-0.39, 0.29) is 24.2 Å². The Labute approximate surface area is 211 Å². The molecule has 1 heterocycles. The van der Waals surface area contributed by atoms with Gasteiger partial charge in [-0.15, -0.1) is 0 Å². The molecule has 2 atom stereocenters. The molecule has 0 aromatic heterocycles. The molecule has 7 heteroatoms. The van der Waals surface area contributed by atoms with Crippen LogP contribution in [0.5, 0.6) is 0 Å². The fourth-order valence-corrected chi connectivity index (χ4v) is 4.85. The van der Waals surface area contributed by atoms with Crippen molar-refractivity contribution in [1.82, 2.24) is 10.2 Å². The highest BCUT2D eigenvalue weighted by molar-refractivity contribution is 5.89. The lowest BCUT2D eigenvalue weighted by Crippen LogP contribution is -2.52. The number of amides is 2. The molecule has 1 saturated heterocycles. The molecule has 0 bridgehead atoms. The number of hydrogen-bond donors (Lipinski definition) is 3. The number of urea groups is 1. The number of piperidine rings is 1. The average Bonchev–Trinajstić information content (AvgIpc) is 2.90. The van der Waals surface area contributed by atoms with Gasteiger partial charge in [-0.05, 0) is 92.2 Å². The number of aliphatic hydroxyl groups excluding tert-OH is 1. The van der Waals surface area contributed by atoms with Crippen molar-refractivity contribution in [2.75, 3.05) is 25.0 Å². The summed E-state index contributed by atoms with van der Waals surface area (Å²) < 4.78 is 26.3.